The number of halogens is 4. The zero-order valence-corrected chi connectivity index (χ0v) is 19.4. The highest BCUT2D eigenvalue weighted by Crippen LogP contribution is 2.36. The summed E-state index contributed by atoms with van der Waals surface area (Å²) in [5.41, 5.74) is 4.19. The van der Waals surface area contributed by atoms with Gasteiger partial charge in [-0.1, -0.05) is 28.7 Å². The van der Waals surface area contributed by atoms with Gasteiger partial charge in [-0.3, -0.25) is 14.6 Å². The maximum atomic E-state index is 15.0. The van der Waals surface area contributed by atoms with Gasteiger partial charge in [0.1, 0.15) is 5.54 Å². The molecule has 0 radical (unpaired) electrons. The number of pyridine rings is 1. The van der Waals surface area contributed by atoms with Gasteiger partial charge in [-0.15, -0.1) is 0 Å². The number of nitrogens with two attached hydrogens (primary N) is 1. The van der Waals surface area contributed by atoms with Crippen LogP contribution in [0.4, 0.5) is 34.7 Å². The molecule has 0 saturated carbocycles. The van der Waals surface area contributed by atoms with Gasteiger partial charge >= 0.3 is 6.18 Å². The number of aromatic nitrogens is 1. The van der Waals surface area contributed by atoms with Crippen molar-refractivity contribution >= 4 is 28.9 Å². The Balaban J connectivity index is 1.44. The summed E-state index contributed by atoms with van der Waals surface area (Å²) < 4.78 is 60.0. The Morgan fingerprint density at radius 1 is 1.11 bits per heavy atom. The first-order chi connectivity index (χ1) is 17.6. The lowest BCUT2D eigenvalue weighted by Crippen LogP contribution is -2.58. The molecule has 0 bridgehead atoms. The first kappa shape index (κ1) is 25.9. The topological polar surface area (TPSA) is 110 Å². The average molecular weight is 517 g/mol. The number of ether oxygens (including phenoxy) is 1. The molecule has 1 aliphatic rings. The first-order valence-electron chi connectivity index (χ1n) is 11.2. The van der Waals surface area contributed by atoms with E-state index >= 15 is 4.48 Å². The molecule has 1 aliphatic heterocycles. The number of anilines is 3. The summed E-state index contributed by atoms with van der Waals surface area (Å²) in [5.74, 6) is -1.64. The second-order valence-electron chi connectivity index (χ2n) is 8.54. The molecule has 2 aromatic carbocycles. The van der Waals surface area contributed by atoms with E-state index < -0.39 is 35.6 Å². The quantitative estimate of drug-likeness (QED) is 0.320. The van der Waals surface area contributed by atoms with Crippen LogP contribution in [0.1, 0.15) is 27.9 Å². The largest absolute Gasteiger partial charge is 0.418 e. The van der Waals surface area contributed by atoms with Gasteiger partial charge in [0.15, 0.2) is 0 Å². The molecule has 0 spiro atoms. The number of nitrogens with one attached hydrogen (secondary N) is 2. The summed E-state index contributed by atoms with van der Waals surface area (Å²) in [7, 11) is 0. The summed E-state index contributed by atoms with van der Waals surface area (Å²) in [6, 6.07) is 12.3. The molecular weight excluding hydrogens is 494 g/mol. The van der Waals surface area contributed by atoms with Crippen molar-refractivity contribution in [3.8, 4) is 0 Å². The number of rotatable bonds is 7. The Kier molecular flexibility index (Phi) is 7.30. The number of benzene rings is 2. The number of para-hydroxylation sites is 1. The standard InChI is InChI=1S/C25H23F4N5O3/c26-25(27,28)20-3-1-2-4-21(20)32-19-7-5-16(6-8-19)14-34(29)23(36)24(9-10-37-15-24)33-22(35)17-11-18(30)13-31-12-17/h1-8,11-13,32H,9-10,14-15,30H2,(H,33,35). The minimum absolute atomic E-state index is 0.0199. The Bertz CT molecular complexity index is 1280. The van der Waals surface area contributed by atoms with Crippen molar-refractivity contribution in [2.75, 3.05) is 24.3 Å². The number of hydrogen-bond acceptors (Lipinski definition) is 6. The molecule has 0 aliphatic carbocycles. The van der Waals surface area contributed by atoms with Gasteiger partial charge in [-0.2, -0.15) is 18.3 Å². The Morgan fingerprint density at radius 2 is 1.84 bits per heavy atom. The molecule has 1 unspecified atom stereocenters. The minimum atomic E-state index is -4.53. The molecule has 3 aromatic rings. The maximum Gasteiger partial charge on any atom is 0.418 e. The van der Waals surface area contributed by atoms with Crippen molar-refractivity contribution in [2.45, 2.75) is 24.7 Å². The van der Waals surface area contributed by atoms with E-state index in [0.29, 0.717) is 11.3 Å². The fraction of sp³-hybridized carbons (Fsp3) is 0.240. The van der Waals surface area contributed by atoms with Crippen LogP contribution in [-0.4, -0.2) is 40.7 Å². The zero-order chi connectivity index (χ0) is 26.6. The van der Waals surface area contributed by atoms with E-state index in [1.807, 2.05) is 0 Å². The van der Waals surface area contributed by atoms with Gasteiger partial charge in [0.2, 0.25) is 0 Å². The second-order valence-corrected chi connectivity index (χ2v) is 8.54. The van der Waals surface area contributed by atoms with E-state index in [0.717, 1.165) is 6.07 Å². The lowest BCUT2D eigenvalue weighted by atomic mass is 9.96. The van der Waals surface area contributed by atoms with E-state index in [1.54, 1.807) is 0 Å². The van der Waals surface area contributed by atoms with E-state index in [9.17, 15) is 22.8 Å². The maximum absolute atomic E-state index is 15.0. The third-order valence-electron chi connectivity index (χ3n) is 5.81. The van der Waals surface area contributed by atoms with Crippen molar-refractivity contribution in [2.24, 2.45) is 0 Å². The monoisotopic (exact) mass is 517 g/mol. The number of hydrogen-bond donors (Lipinski definition) is 3. The molecule has 37 heavy (non-hydrogen) atoms. The van der Waals surface area contributed by atoms with Crippen molar-refractivity contribution in [3.05, 3.63) is 83.7 Å². The van der Waals surface area contributed by atoms with E-state index in [-0.39, 0.29) is 41.7 Å². The lowest BCUT2D eigenvalue weighted by Gasteiger charge is -2.29. The van der Waals surface area contributed by atoms with Crippen LogP contribution in [0.2, 0.25) is 0 Å². The Morgan fingerprint density at radius 3 is 2.49 bits per heavy atom. The van der Waals surface area contributed by atoms with Crippen molar-refractivity contribution in [1.29, 1.82) is 0 Å². The first-order valence-corrected chi connectivity index (χ1v) is 11.2. The van der Waals surface area contributed by atoms with Gasteiger partial charge in [-0.05, 0) is 35.9 Å². The molecule has 4 rings (SSSR count). The number of alkyl halides is 3. The predicted octanol–water partition coefficient (Wildman–Crippen LogP) is 4.23. The van der Waals surface area contributed by atoms with Crippen LogP contribution in [-0.2, 0) is 22.3 Å². The van der Waals surface area contributed by atoms with Gasteiger partial charge in [0.25, 0.3) is 11.8 Å². The third kappa shape index (κ3) is 5.97. The predicted molar refractivity (Wildman–Crippen MR) is 127 cm³/mol. The van der Waals surface area contributed by atoms with Crippen LogP contribution in [0, 0.1) is 0 Å². The summed E-state index contributed by atoms with van der Waals surface area (Å²) in [4.78, 5) is 29.6. The second kappa shape index (κ2) is 10.4. The normalized spacial score (nSPS) is 17.3. The SMILES string of the molecule is Nc1cncc(C(=O)NC2(C(=O)N(F)Cc3ccc(Nc4ccccc4C(F)(F)F)cc3)CCOC2)c1. The summed E-state index contributed by atoms with van der Waals surface area (Å²) in [5, 5.41) is 5.25. The van der Waals surface area contributed by atoms with Gasteiger partial charge in [0, 0.05) is 31.1 Å². The highest BCUT2D eigenvalue weighted by molar-refractivity contribution is 5.99. The molecule has 2 amide bonds. The molecule has 12 heteroatoms. The van der Waals surface area contributed by atoms with Crippen LogP contribution < -0.4 is 16.4 Å². The van der Waals surface area contributed by atoms with Gasteiger partial charge < -0.3 is 21.1 Å². The Labute approximate surface area is 209 Å². The number of amides is 2. The molecule has 1 atom stereocenters. The van der Waals surface area contributed by atoms with Crippen LogP contribution in [0.15, 0.2) is 67.0 Å². The molecule has 1 fully saturated rings. The smallest absolute Gasteiger partial charge is 0.397 e. The molecule has 1 saturated heterocycles. The number of carbonyl (C=O) groups excluding carboxylic acids is 2. The number of nitrogens with zero attached hydrogens (tertiary/aromatic N) is 2. The molecule has 8 nitrogen and oxygen atoms in total. The molecule has 2 heterocycles. The van der Waals surface area contributed by atoms with E-state index in [1.165, 1.54) is 60.9 Å². The average Bonchev–Trinajstić information content (AvgIpc) is 3.34. The fourth-order valence-corrected chi connectivity index (χ4v) is 3.91. The lowest BCUT2D eigenvalue weighted by molar-refractivity contribution is -0.155. The van der Waals surface area contributed by atoms with E-state index in [2.05, 4.69) is 15.6 Å². The van der Waals surface area contributed by atoms with Crippen LogP contribution in [0.25, 0.3) is 0 Å². The van der Waals surface area contributed by atoms with Crippen LogP contribution in [0.5, 0.6) is 0 Å². The fourth-order valence-electron chi connectivity index (χ4n) is 3.91. The third-order valence-corrected chi connectivity index (χ3v) is 5.81. The minimum Gasteiger partial charge on any atom is -0.397 e. The van der Waals surface area contributed by atoms with Crippen molar-refractivity contribution < 1.29 is 32.0 Å². The van der Waals surface area contributed by atoms with Gasteiger partial charge in [-0.25, -0.2) is 0 Å². The number of nitrogen functional groups attached to an aromatic ring is 1. The molecule has 194 valence electrons. The van der Waals surface area contributed by atoms with Crippen LogP contribution >= 0.6 is 0 Å². The summed E-state index contributed by atoms with van der Waals surface area (Å²) in [6.07, 6.45) is -1.84. The highest BCUT2D eigenvalue weighted by atomic mass is 19.4. The van der Waals surface area contributed by atoms with E-state index in [4.69, 9.17) is 10.5 Å². The Hall–Kier alpha value is -4.19. The van der Waals surface area contributed by atoms with Crippen molar-refractivity contribution in [3.63, 3.8) is 0 Å². The molecular formula is C25H23F4N5O3. The van der Waals surface area contributed by atoms with Crippen LogP contribution in [0.3, 0.4) is 0 Å². The summed E-state index contributed by atoms with van der Waals surface area (Å²) >= 11 is 0. The molecule has 4 N–H and O–H groups in total. The zero-order valence-electron chi connectivity index (χ0n) is 19.4. The van der Waals surface area contributed by atoms with Gasteiger partial charge in [0.05, 0.1) is 35.7 Å². The number of carbonyl (C=O) groups is 2. The van der Waals surface area contributed by atoms with Crippen molar-refractivity contribution in [1.82, 2.24) is 15.4 Å². The highest BCUT2D eigenvalue weighted by Gasteiger charge is 2.46. The summed E-state index contributed by atoms with van der Waals surface area (Å²) in [6.45, 7) is -0.514. The molecule has 1 aromatic heterocycles.